The molecule has 33 heavy (non-hydrogen) atoms. The smallest absolute Gasteiger partial charge is 0.408 e. The van der Waals surface area contributed by atoms with Gasteiger partial charge in [-0.3, -0.25) is 9.36 Å². The van der Waals surface area contributed by atoms with Gasteiger partial charge in [-0.25, -0.2) is 13.2 Å². The van der Waals surface area contributed by atoms with E-state index >= 15 is 0 Å². The van der Waals surface area contributed by atoms with E-state index in [-0.39, 0.29) is 29.4 Å². The predicted molar refractivity (Wildman–Crippen MR) is 129 cm³/mol. The van der Waals surface area contributed by atoms with E-state index in [4.69, 9.17) is 4.42 Å². The number of nitrogens with one attached hydrogen (secondary N) is 1. The minimum Gasteiger partial charge on any atom is -0.408 e. The molecule has 4 rings (SSSR count). The van der Waals surface area contributed by atoms with Crippen molar-refractivity contribution in [1.82, 2.24) is 8.87 Å². The Bertz CT molecular complexity index is 1340. The first kappa shape index (κ1) is 23.3. The van der Waals surface area contributed by atoms with E-state index in [1.165, 1.54) is 21.0 Å². The SMILES string of the molecule is C=CCSc1ccccc1NC(=O)CCn1c(=O)oc2cc(S(=O)(=O)N3CCCC3)ccc21. The highest BCUT2D eigenvalue weighted by molar-refractivity contribution is 7.99. The number of sulfonamides is 1. The lowest BCUT2D eigenvalue weighted by Gasteiger charge is -2.15. The Kier molecular flexibility index (Phi) is 7.06. The van der Waals surface area contributed by atoms with Crippen LogP contribution in [0.1, 0.15) is 19.3 Å². The Morgan fingerprint density at radius 1 is 1.18 bits per heavy atom. The van der Waals surface area contributed by atoms with E-state index in [2.05, 4.69) is 11.9 Å². The molecular formula is C23H25N3O5S2. The summed E-state index contributed by atoms with van der Waals surface area (Å²) in [5.74, 6) is -0.148. The molecule has 1 fully saturated rings. The standard InChI is InChI=1S/C23H25N3O5S2/c1-2-15-32-21-8-4-3-7-18(21)24-22(27)11-14-26-19-10-9-17(16-20(19)31-23(26)28)33(29,30)25-12-5-6-13-25/h2-4,7-10,16H,1,5-6,11-15H2,(H,24,27). The predicted octanol–water partition coefficient (Wildman–Crippen LogP) is 3.69. The third kappa shape index (κ3) is 5.07. The summed E-state index contributed by atoms with van der Waals surface area (Å²) in [6, 6.07) is 11.9. The molecule has 0 saturated carbocycles. The number of oxazole rings is 1. The first-order chi connectivity index (χ1) is 15.9. The number of carbonyl (C=O) groups is 1. The van der Waals surface area contributed by atoms with Crippen molar-refractivity contribution in [2.75, 3.05) is 24.2 Å². The zero-order valence-corrected chi connectivity index (χ0v) is 19.7. The van der Waals surface area contributed by atoms with Crippen LogP contribution in [0.4, 0.5) is 5.69 Å². The maximum atomic E-state index is 12.8. The van der Waals surface area contributed by atoms with Crippen molar-refractivity contribution in [3.05, 3.63) is 65.7 Å². The molecule has 174 valence electrons. The van der Waals surface area contributed by atoms with Crippen molar-refractivity contribution >= 4 is 44.5 Å². The molecule has 1 aliphatic heterocycles. The number of para-hydroxylation sites is 1. The van der Waals surface area contributed by atoms with Crippen LogP contribution in [-0.4, -0.2) is 42.0 Å². The molecule has 1 amide bonds. The van der Waals surface area contributed by atoms with Gasteiger partial charge < -0.3 is 9.73 Å². The topological polar surface area (TPSA) is 102 Å². The van der Waals surface area contributed by atoms with Crippen LogP contribution in [-0.2, 0) is 21.4 Å². The summed E-state index contributed by atoms with van der Waals surface area (Å²) in [5.41, 5.74) is 1.34. The van der Waals surface area contributed by atoms with E-state index < -0.39 is 15.8 Å². The lowest BCUT2D eigenvalue weighted by Crippen LogP contribution is -2.27. The van der Waals surface area contributed by atoms with Gasteiger partial charge in [0.25, 0.3) is 0 Å². The minimum absolute atomic E-state index is 0.0584. The molecule has 0 atom stereocenters. The molecule has 0 radical (unpaired) electrons. The molecule has 1 N–H and O–H groups in total. The number of fused-ring (bicyclic) bond motifs is 1. The van der Waals surface area contributed by atoms with Gasteiger partial charge >= 0.3 is 5.76 Å². The second-order valence-electron chi connectivity index (χ2n) is 7.65. The molecule has 2 aromatic carbocycles. The largest absolute Gasteiger partial charge is 0.419 e. The maximum absolute atomic E-state index is 12.8. The van der Waals surface area contributed by atoms with E-state index in [0.717, 1.165) is 23.5 Å². The van der Waals surface area contributed by atoms with Crippen molar-refractivity contribution in [2.24, 2.45) is 0 Å². The van der Waals surface area contributed by atoms with Crippen LogP contribution in [0.2, 0.25) is 0 Å². The summed E-state index contributed by atoms with van der Waals surface area (Å²) in [5, 5.41) is 2.88. The number of anilines is 1. The van der Waals surface area contributed by atoms with Gasteiger partial charge in [-0.2, -0.15) is 4.31 Å². The number of rotatable bonds is 9. The van der Waals surface area contributed by atoms with Crippen LogP contribution >= 0.6 is 11.8 Å². The van der Waals surface area contributed by atoms with Crippen LogP contribution in [0.15, 0.2) is 74.1 Å². The summed E-state index contributed by atoms with van der Waals surface area (Å²) >= 11 is 1.57. The van der Waals surface area contributed by atoms with Crippen LogP contribution in [0, 0.1) is 0 Å². The second kappa shape index (κ2) is 9.98. The molecule has 1 saturated heterocycles. The van der Waals surface area contributed by atoms with Gasteiger partial charge in [-0.15, -0.1) is 18.3 Å². The Morgan fingerprint density at radius 3 is 2.70 bits per heavy atom. The second-order valence-corrected chi connectivity index (χ2v) is 10.7. The van der Waals surface area contributed by atoms with Crippen LogP contribution in [0.5, 0.6) is 0 Å². The fraction of sp³-hybridized carbons (Fsp3) is 0.304. The third-order valence-corrected chi connectivity index (χ3v) is 8.39. The summed E-state index contributed by atoms with van der Waals surface area (Å²) in [7, 11) is -3.62. The zero-order chi connectivity index (χ0) is 23.4. The zero-order valence-electron chi connectivity index (χ0n) is 18.0. The van der Waals surface area contributed by atoms with Crippen LogP contribution in [0.25, 0.3) is 11.1 Å². The van der Waals surface area contributed by atoms with Crippen molar-refractivity contribution in [1.29, 1.82) is 0 Å². The summed E-state index contributed by atoms with van der Waals surface area (Å²) in [6.07, 6.45) is 3.53. The molecule has 2 heterocycles. The van der Waals surface area contributed by atoms with Gasteiger partial charge in [0.15, 0.2) is 5.58 Å². The molecule has 0 spiro atoms. The number of aromatic nitrogens is 1. The van der Waals surface area contributed by atoms with E-state index in [0.29, 0.717) is 24.3 Å². The quantitative estimate of drug-likeness (QED) is 0.365. The van der Waals surface area contributed by atoms with Gasteiger partial charge in [-0.1, -0.05) is 18.2 Å². The Hall–Kier alpha value is -2.82. The molecule has 8 nitrogen and oxygen atoms in total. The number of thioether (sulfide) groups is 1. The maximum Gasteiger partial charge on any atom is 0.419 e. The number of nitrogens with zero attached hydrogens (tertiary/aromatic N) is 2. The normalized spacial score (nSPS) is 14.5. The van der Waals surface area contributed by atoms with Gasteiger partial charge in [0.05, 0.1) is 16.1 Å². The van der Waals surface area contributed by atoms with Crippen molar-refractivity contribution in [3.8, 4) is 0 Å². The average molecular weight is 488 g/mol. The number of carbonyl (C=O) groups excluding carboxylic acids is 1. The van der Waals surface area contributed by atoms with E-state index in [9.17, 15) is 18.0 Å². The van der Waals surface area contributed by atoms with Crippen molar-refractivity contribution in [2.45, 2.75) is 35.6 Å². The van der Waals surface area contributed by atoms with Gasteiger partial charge in [-0.05, 0) is 37.1 Å². The van der Waals surface area contributed by atoms with Crippen molar-refractivity contribution < 1.29 is 17.6 Å². The lowest BCUT2D eigenvalue weighted by atomic mass is 10.3. The summed E-state index contributed by atoms with van der Waals surface area (Å²) in [4.78, 5) is 26.0. The average Bonchev–Trinajstić information content (AvgIpc) is 3.45. The highest BCUT2D eigenvalue weighted by atomic mass is 32.2. The van der Waals surface area contributed by atoms with Crippen LogP contribution in [0.3, 0.4) is 0 Å². The molecule has 10 heteroatoms. The molecule has 0 bridgehead atoms. The highest BCUT2D eigenvalue weighted by Gasteiger charge is 2.28. The van der Waals surface area contributed by atoms with Gasteiger partial charge in [0.2, 0.25) is 15.9 Å². The molecular weight excluding hydrogens is 462 g/mol. The first-order valence-electron chi connectivity index (χ1n) is 10.7. The lowest BCUT2D eigenvalue weighted by molar-refractivity contribution is -0.116. The first-order valence-corrected chi connectivity index (χ1v) is 13.1. The monoisotopic (exact) mass is 487 g/mol. The number of benzene rings is 2. The van der Waals surface area contributed by atoms with E-state index in [1.54, 1.807) is 23.9 Å². The fourth-order valence-corrected chi connectivity index (χ4v) is 6.05. The summed E-state index contributed by atoms with van der Waals surface area (Å²) < 4.78 is 33.7. The Balaban J connectivity index is 1.48. The fourth-order valence-electron chi connectivity index (χ4n) is 3.77. The Labute approximate surface area is 196 Å². The molecule has 1 aromatic heterocycles. The number of aryl methyl sites for hydroxylation is 1. The van der Waals surface area contributed by atoms with E-state index in [1.807, 2.05) is 24.3 Å². The molecule has 1 aliphatic rings. The highest BCUT2D eigenvalue weighted by Crippen LogP contribution is 2.27. The minimum atomic E-state index is -3.62. The van der Waals surface area contributed by atoms with Crippen LogP contribution < -0.4 is 11.1 Å². The number of amides is 1. The Morgan fingerprint density at radius 2 is 1.94 bits per heavy atom. The molecule has 3 aromatic rings. The summed E-state index contributed by atoms with van der Waals surface area (Å²) in [6.45, 7) is 4.81. The third-order valence-electron chi connectivity index (χ3n) is 5.42. The molecule has 0 aliphatic carbocycles. The van der Waals surface area contributed by atoms with Gasteiger partial charge in [0, 0.05) is 42.8 Å². The van der Waals surface area contributed by atoms with Crippen molar-refractivity contribution in [3.63, 3.8) is 0 Å². The van der Waals surface area contributed by atoms with Gasteiger partial charge in [0.1, 0.15) is 0 Å². The number of hydrogen-bond acceptors (Lipinski definition) is 6. The number of hydrogen-bond donors (Lipinski definition) is 1. The molecule has 0 unspecified atom stereocenters.